The molecule has 0 heterocycles. The number of hydrogen-bond acceptors (Lipinski definition) is 5. The van der Waals surface area contributed by atoms with Crippen molar-refractivity contribution in [1.29, 1.82) is 0 Å². The summed E-state index contributed by atoms with van der Waals surface area (Å²) in [4.78, 5) is 23.1. The molecule has 0 unspecified atom stereocenters. The third-order valence-electron chi connectivity index (χ3n) is 3.54. The molecule has 0 N–H and O–H groups in total. The minimum atomic E-state index is -0.425. The molecule has 0 aliphatic carbocycles. The summed E-state index contributed by atoms with van der Waals surface area (Å²) in [6.45, 7) is 2.57. The fraction of sp³-hybridized carbons (Fsp3) is 0.300. The number of methoxy groups -OCH3 is 1. The summed E-state index contributed by atoms with van der Waals surface area (Å²) in [6.07, 6.45) is 1.77. The molecule has 132 valence electrons. The van der Waals surface area contributed by atoms with Crippen molar-refractivity contribution in [3.05, 3.63) is 59.7 Å². The molecule has 0 amide bonds. The van der Waals surface area contributed by atoms with Crippen LogP contribution < -0.4 is 9.47 Å². The topological polar surface area (TPSA) is 61.8 Å². The summed E-state index contributed by atoms with van der Waals surface area (Å²) in [5.74, 6) is 0.523. The van der Waals surface area contributed by atoms with Crippen molar-refractivity contribution in [2.45, 2.75) is 26.2 Å². The molecule has 5 heteroatoms. The first-order chi connectivity index (χ1) is 12.1. The Labute approximate surface area is 147 Å². The molecule has 0 fully saturated rings. The summed E-state index contributed by atoms with van der Waals surface area (Å²) >= 11 is 0. The Kier molecular flexibility index (Phi) is 7.01. The van der Waals surface area contributed by atoms with Gasteiger partial charge in [0.1, 0.15) is 11.5 Å². The van der Waals surface area contributed by atoms with E-state index in [1.54, 1.807) is 24.3 Å². The van der Waals surface area contributed by atoms with Gasteiger partial charge in [-0.15, -0.1) is 0 Å². The molecule has 25 heavy (non-hydrogen) atoms. The Hall–Kier alpha value is -2.82. The second-order valence-corrected chi connectivity index (χ2v) is 5.61. The normalized spacial score (nSPS) is 10.2. The molecule has 0 bridgehead atoms. The molecule has 0 aliphatic heterocycles. The van der Waals surface area contributed by atoms with Gasteiger partial charge in [-0.2, -0.15) is 0 Å². The molecule has 0 saturated carbocycles. The summed E-state index contributed by atoms with van der Waals surface area (Å²) in [5.41, 5.74) is 1.56. The van der Waals surface area contributed by atoms with Gasteiger partial charge in [-0.05, 0) is 61.7 Å². The lowest BCUT2D eigenvalue weighted by molar-refractivity contribution is -0.134. The maximum absolute atomic E-state index is 11.8. The molecule has 0 aliphatic rings. The number of rotatable bonds is 8. The van der Waals surface area contributed by atoms with Crippen molar-refractivity contribution in [3.63, 3.8) is 0 Å². The molecular weight excluding hydrogens is 320 g/mol. The lowest BCUT2D eigenvalue weighted by atomic mass is 10.2. The van der Waals surface area contributed by atoms with Gasteiger partial charge in [-0.3, -0.25) is 4.79 Å². The van der Waals surface area contributed by atoms with Crippen LogP contribution in [0.1, 0.15) is 35.2 Å². The predicted molar refractivity (Wildman–Crippen MR) is 93.9 cm³/mol. The highest BCUT2D eigenvalue weighted by Gasteiger charge is 2.08. The van der Waals surface area contributed by atoms with Crippen molar-refractivity contribution in [2.24, 2.45) is 0 Å². The first-order valence-corrected chi connectivity index (χ1v) is 8.17. The van der Waals surface area contributed by atoms with Crippen LogP contribution >= 0.6 is 0 Å². The van der Waals surface area contributed by atoms with Crippen LogP contribution in [0.3, 0.4) is 0 Å². The van der Waals surface area contributed by atoms with E-state index in [-0.39, 0.29) is 5.97 Å². The number of carbonyl (C=O) groups is 2. The van der Waals surface area contributed by atoms with Crippen molar-refractivity contribution in [1.82, 2.24) is 0 Å². The standard InChI is InChI=1S/C20H22O5/c1-15-6-5-7-18(14-15)24-13-4-3-8-19(21)25-17-11-9-16(10-12-17)20(22)23-2/h5-7,9-12,14H,3-4,8,13H2,1-2H3. The average Bonchev–Trinajstić information content (AvgIpc) is 2.61. The number of aryl methyl sites for hydroxylation is 1. The lowest BCUT2D eigenvalue weighted by Crippen LogP contribution is -2.09. The fourth-order valence-electron chi connectivity index (χ4n) is 2.23. The first kappa shape index (κ1) is 18.5. The summed E-state index contributed by atoms with van der Waals surface area (Å²) < 4.78 is 15.5. The molecule has 0 aromatic heterocycles. The van der Waals surface area contributed by atoms with Crippen LogP contribution in [0.2, 0.25) is 0 Å². The van der Waals surface area contributed by atoms with Crippen molar-refractivity contribution in [3.8, 4) is 11.5 Å². The Morgan fingerprint density at radius 3 is 2.40 bits per heavy atom. The van der Waals surface area contributed by atoms with Crippen molar-refractivity contribution in [2.75, 3.05) is 13.7 Å². The van der Waals surface area contributed by atoms with Crippen molar-refractivity contribution < 1.29 is 23.8 Å². The largest absolute Gasteiger partial charge is 0.494 e. The number of carbonyl (C=O) groups excluding carboxylic acids is 2. The summed E-state index contributed by atoms with van der Waals surface area (Å²) in [7, 11) is 1.32. The molecule has 2 aromatic rings. The van der Waals surface area contributed by atoms with Crippen LogP contribution in [0.4, 0.5) is 0 Å². The van der Waals surface area contributed by atoms with Gasteiger partial charge in [-0.25, -0.2) is 4.79 Å². The smallest absolute Gasteiger partial charge is 0.337 e. The Morgan fingerprint density at radius 2 is 1.72 bits per heavy atom. The third-order valence-corrected chi connectivity index (χ3v) is 3.54. The van der Waals surface area contributed by atoms with E-state index >= 15 is 0 Å². The van der Waals surface area contributed by atoms with Gasteiger partial charge in [0.15, 0.2) is 0 Å². The second kappa shape index (κ2) is 9.47. The minimum absolute atomic E-state index is 0.304. The maximum atomic E-state index is 11.8. The van der Waals surface area contributed by atoms with Gasteiger partial charge in [-0.1, -0.05) is 12.1 Å². The van der Waals surface area contributed by atoms with E-state index in [9.17, 15) is 9.59 Å². The van der Waals surface area contributed by atoms with E-state index in [1.807, 2.05) is 31.2 Å². The summed E-state index contributed by atoms with van der Waals surface area (Å²) in [5, 5.41) is 0. The van der Waals surface area contributed by atoms with Gasteiger partial charge in [0, 0.05) is 6.42 Å². The monoisotopic (exact) mass is 342 g/mol. The van der Waals surface area contributed by atoms with Gasteiger partial charge in [0.25, 0.3) is 0 Å². The van der Waals surface area contributed by atoms with Gasteiger partial charge in [0.2, 0.25) is 0 Å². The zero-order chi connectivity index (χ0) is 18.1. The zero-order valence-electron chi connectivity index (χ0n) is 14.5. The highest BCUT2D eigenvalue weighted by Crippen LogP contribution is 2.15. The third kappa shape index (κ3) is 6.30. The fourth-order valence-corrected chi connectivity index (χ4v) is 2.23. The zero-order valence-corrected chi connectivity index (χ0v) is 14.5. The molecule has 2 aromatic carbocycles. The second-order valence-electron chi connectivity index (χ2n) is 5.61. The number of unbranched alkanes of at least 4 members (excludes halogenated alkanes) is 1. The average molecular weight is 342 g/mol. The number of benzene rings is 2. The SMILES string of the molecule is COC(=O)c1ccc(OC(=O)CCCCOc2cccc(C)c2)cc1. The van der Waals surface area contributed by atoms with Gasteiger partial charge in [0.05, 0.1) is 19.3 Å². The molecule has 5 nitrogen and oxygen atoms in total. The highest BCUT2D eigenvalue weighted by atomic mass is 16.5. The van der Waals surface area contributed by atoms with Gasteiger partial charge >= 0.3 is 11.9 Å². The van der Waals surface area contributed by atoms with E-state index in [4.69, 9.17) is 9.47 Å². The quantitative estimate of drug-likeness (QED) is 0.413. The molecule has 0 atom stereocenters. The van der Waals surface area contributed by atoms with Crippen LogP contribution in [0.15, 0.2) is 48.5 Å². The maximum Gasteiger partial charge on any atom is 0.337 e. The van der Waals surface area contributed by atoms with E-state index in [0.29, 0.717) is 30.8 Å². The first-order valence-electron chi connectivity index (χ1n) is 8.17. The molecule has 2 rings (SSSR count). The van der Waals surface area contributed by atoms with Gasteiger partial charge < -0.3 is 14.2 Å². The summed E-state index contributed by atoms with van der Waals surface area (Å²) in [6, 6.07) is 14.1. The van der Waals surface area contributed by atoms with E-state index in [2.05, 4.69) is 4.74 Å². The Balaban J connectivity index is 1.66. The van der Waals surface area contributed by atoms with Crippen LogP contribution in [0.5, 0.6) is 11.5 Å². The van der Waals surface area contributed by atoms with Crippen molar-refractivity contribution >= 4 is 11.9 Å². The predicted octanol–water partition coefficient (Wildman–Crippen LogP) is 3.94. The Morgan fingerprint density at radius 1 is 0.960 bits per heavy atom. The number of esters is 2. The minimum Gasteiger partial charge on any atom is -0.494 e. The van der Waals surface area contributed by atoms with Crippen LogP contribution in [0.25, 0.3) is 0 Å². The molecule has 0 spiro atoms. The number of ether oxygens (including phenoxy) is 3. The molecular formula is C20H22O5. The van der Waals surface area contributed by atoms with Crippen LogP contribution in [-0.4, -0.2) is 25.7 Å². The lowest BCUT2D eigenvalue weighted by Gasteiger charge is -2.07. The highest BCUT2D eigenvalue weighted by molar-refractivity contribution is 5.89. The molecule has 0 radical (unpaired) electrons. The van der Waals surface area contributed by atoms with E-state index in [1.165, 1.54) is 7.11 Å². The van der Waals surface area contributed by atoms with E-state index in [0.717, 1.165) is 17.7 Å². The Bertz CT molecular complexity index is 706. The van der Waals surface area contributed by atoms with Crippen LogP contribution in [-0.2, 0) is 9.53 Å². The van der Waals surface area contributed by atoms with E-state index < -0.39 is 5.97 Å². The number of hydrogen-bond donors (Lipinski definition) is 0. The molecule has 0 saturated heterocycles. The van der Waals surface area contributed by atoms with Crippen LogP contribution in [0, 0.1) is 6.92 Å².